The Morgan fingerprint density at radius 1 is 1.00 bits per heavy atom. The average Bonchev–Trinajstić information content (AvgIpc) is 2.96. The number of aryl methyl sites for hydroxylation is 2. The van der Waals surface area contributed by atoms with Crippen LogP contribution in [0.3, 0.4) is 0 Å². The molecular weight excluding hydrogens is 456 g/mol. The average molecular weight is 485 g/mol. The first-order chi connectivity index (χ1) is 10.7. The quantitative estimate of drug-likeness (QED) is 0.440. The largest absolute Gasteiger partial charge is 4.00 e. The van der Waals surface area contributed by atoms with Gasteiger partial charge in [-0.1, -0.05) is 64.9 Å². The Kier molecular flexibility index (Phi) is 12.0. The molecule has 1 atom stereocenters. The third kappa shape index (κ3) is 5.47. The molecule has 26 heavy (non-hydrogen) atoms. The number of allylic oxidation sites excluding steroid dienone is 4. The molecule has 1 heterocycles. The summed E-state index contributed by atoms with van der Waals surface area (Å²) in [7, 11) is -0.314. The minimum Gasteiger partial charge on any atom is -1.00 e. The SMILES string of the molecule is CC1=[C-]C(C)([Si](C)C)C(C)=C1C.Cc1[c-][nH]c2cccc(C)c12.[Cl-].[Cl-].[Zr+4]. The van der Waals surface area contributed by atoms with Gasteiger partial charge in [-0.15, -0.1) is 35.7 Å². The molecule has 1 nitrogen and oxygen atoms in total. The van der Waals surface area contributed by atoms with Crippen LogP contribution in [0.1, 0.15) is 38.8 Å². The molecule has 0 saturated carbocycles. The number of H-pyrrole nitrogens is 1. The van der Waals surface area contributed by atoms with Crippen molar-refractivity contribution in [2.45, 2.75) is 59.7 Å². The standard InChI is InChI=1S/C11H18Si.C10H10N.2ClH.Zr/c1-8-7-11(4,12(5)6)10(3)9(8)2;1-7-4-3-5-9-10(7)8(2)6-11-9;;;/h1-6H3;3-5,11H,1-2H3;2*1H;/q2*-1;;;+4/p-2. The Balaban J connectivity index is 0. The van der Waals surface area contributed by atoms with E-state index < -0.39 is 0 Å². The number of aromatic amines is 1. The minimum atomic E-state index is -0.314. The molecule has 0 amide bonds. The second-order valence-corrected chi connectivity index (χ2v) is 10.00. The molecule has 3 rings (SSSR count). The number of rotatable bonds is 1. The van der Waals surface area contributed by atoms with Crippen LogP contribution in [0.5, 0.6) is 0 Å². The van der Waals surface area contributed by atoms with Crippen LogP contribution < -0.4 is 24.8 Å². The molecule has 0 aliphatic heterocycles. The zero-order valence-electron chi connectivity index (χ0n) is 17.0. The number of aromatic nitrogens is 1. The van der Waals surface area contributed by atoms with Crippen molar-refractivity contribution in [2.75, 3.05) is 0 Å². The number of benzene rings is 1. The predicted octanol–water partition coefficient (Wildman–Crippen LogP) is 0.191. The summed E-state index contributed by atoms with van der Waals surface area (Å²) >= 11 is 0. The van der Waals surface area contributed by atoms with Crippen molar-refractivity contribution in [1.29, 1.82) is 0 Å². The fourth-order valence-electron chi connectivity index (χ4n) is 3.21. The number of hydrogen-bond acceptors (Lipinski definition) is 0. The molecule has 1 aromatic carbocycles. The van der Waals surface area contributed by atoms with Gasteiger partial charge in [-0.05, 0) is 0 Å². The van der Waals surface area contributed by atoms with E-state index in [4.69, 9.17) is 0 Å². The Bertz CT molecular complexity index is 792. The molecular formula is C21H28Cl2NSiZr. The third-order valence-corrected chi connectivity index (χ3v) is 7.84. The smallest absolute Gasteiger partial charge is 1.00 e. The predicted molar refractivity (Wildman–Crippen MR) is 103 cm³/mol. The van der Waals surface area contributed by atoms with E-state index in [-0.39, 0.29) is 59.8 Å². The molecule has 0 bridgehead atoms. The Morgan fingerprint density at radius 3 is 1.96 bits per heavy atom. The van der Waals surface area contributed by atoms with Gasteiger partial charge >= 0.3 is 26.2 Å². The molecule has 0 saturated heterocycles. The maximum Gasteiger partial charge on any atom is 4.00 e. The van der Waals surface area contributed by atoms with Crippen molar-refractivity contribution in [3.05, 3.63) is 58.3 Å². The number of fused-ring (bicyclic) bond motifs is 1. The first-order valence-corrected chi connectivity index (χ1v) is 10.7. The van der Waals surface area contributed by atoms with Crippen molar-refractivity contribution in [1.82, 2.24) is 4.98 Å². The van der Waals surface area contributed by atoms with E-state index in [0.29, 0.717) is 5.04 Å². The van der Waals surface area contributed by atoms with Crippen molar-refractivity contribution in [3.8, 4) is 0 Å². The van der Waals surface area contributed by atoms with Gasteiger partial charge in [-0.25, -0.2) is 5.57 Å². The maximum absolute atomic E-state index is 3.62. The van der Waals surface area contributed by atoms with Gasteiger partial charge in [0.15, 0.2) is 0 Å². The molecule has 0 spiro atoms. The summed E-state index contributed by atoms with van der Waals surface area (Å²) in [4.78, 5) is 3.10. The van der Waals surface area contributed by atoms with Crippen LogP contribution in [-0.2, 0) is 26.2 Å². The summed E-state index contributed by atoms with van der Waals surface area (Å²) < 4.78 is 0. The summed E-state index contributed by atoms with van der Waals surface area (Å²) in [5.74, 6) is 0. The molecule has 1 aliphatic rings. The Labute approximate surface area is 192 Å². The van der Waals surface area contributed by atoms with Crippen LogP contribution in [-0.4, -0.2) is 13.8 Å². The van der Waals surface area contributed by atoms with Gasteiger partial charge in [0.2, 0.25) is 0 Å². The molecule has 1 radical (unpaired) electrons. The normalized spacial score (nSPS) is 18.4. The number of hydrogen-bond donors (Lipinski definition) is 1. The van der Waals surface area contributed by atoms with Crippen molar-refractivity contribution in [2.24, 2.45) is 0 Å². The van der Waals surface area contributed by atoms with Crippen molar-refractivity contribution in [3.63, 3.8) is 0 Å². The van der Waals surface area contributed by atoms with Crippen LogP contribution >= 0.6 is 0 Å². The van der Waals surface area contributed by atoms with E-state index in [9.17, 15) is 0 Å². The molecule has 0 fully saturated rings. The summed E-state index contributed by atoms with van der Waals surface area (Å²) in [5, 5.41) is 1.60. The van der Waals surface area contributed by atoms with Gasteiger partial charge in [-0.2, -0.15) is 16.7 Å². The Morgan fingerprint density at radius 2 is 1.58 bits per heavy atom. The molecule has 139 valence electrons. The van der Waals surface area contributed by atoms with Gasteiger partial charge in [0, 0.05) is 8.80 Å². The summed E-state index contributed by atoms with van der Waals surface area (Å²) in [6, 6.07) is 6.25. The van der Waals surface area contributed by atoms with Gasteiger partial charge in [0.25, 0.3) is 0 Å². The second kappa shape index (κ2) is 11.1. The zero-order chi connectivity index (χ0) is 17.4. The summed E-state index contributed by atoms with van der Waals surface area (Å²) in [6.45, 7) is 17.9. The molecule has 1 unspecified atom stereocenters. The summed E-state index contributed by atoms with van der Waals surface area (Å²) in [5.41, 5.74) is 8.07. The van der Waals surface area contributed by atoms with E-state index in [0.717, 1.165) is 0 Å². The van der Waals surface area contributed by atoms with Gasteiger partial charge < -0.3 is 29.8 Å². The topological polar surface area (TPSA) is 15.8 Å². The molecule has 1 N–H and O–H groups in total. The van der Waals surface area contributed by atoms with Crippen LogP contribution in [0.2, 0.25) is 18.1 Å². The van der Waals surface area contributed by atoms with Crippen molar-refractivity contribution >= 4 is 19.7 Å². The van der Waals surface area contributed by atoms with E-state index in [1.807, 2.05) is 0 Å². The van der Waals surface area contributed by atoms with Crippen LogP contribution in [0, 0.1) is 26.1 Å². The molecule has 5 heteroatoms. The maximum atomic E-state index is 3.62. The van der Waals surface area contributed by atoms with E-state index >= 15 is 0 Å². The third-order valence-electron chi connectivity index (χ3n) is 5.34. The van der Waals surface area contributed by atoms with Crippen LogP contribution in [0.25, 0.3) is 10.9 Å². The van der Waals surface area contributed by atoms with Crippen LogP contribution in [0.15, 0.2) is 34.9 Å². The fraction of sp³-hybridized carbons (Fsp3) is 0.429. The van der Waals surface area contributed by atoms with Gasteiger partial charge in [0.05, 0.1) is 0 Å². The Hall–Kier alpha value is -0.0800. The van der Waals surface area contributed by atoms with Crippen molar-refractivity contribution < 1.29 is 51.0 Å². The second-order valence-electron chi connectivity index (χ2n) is 7.00. The van der Waals surface area contributed by atoms with E-state index in [1.165, 1.54) is 33.2 Å². The first kappa shape index (κ1) is 28.1. The monoisotopic (exact) mass is 482 g/mol. The van der Waals surface area contributed by atoms with Gasteiger partial charge in [-0.3, -0.25) is 6.08 Å². The van der Waals surface area contributed by atoms with Gasteiger partial charge in [0.1, 0.15) is 0 Å². The molecule has 1 aliphatic carbocycles. The molecule has 2 aromatic rings. The van der Waals surface area contributed by atoms with Crippen LogP contribution in [0.4, 0.5) is 0 Å². The number of halogens is 2. The minimum absolute atomic E-state index is 0. The molecule has 1 aromatic heterocycles. The summed E-state index contributed by atoms with van der Waals surface area (Å²) in [6.07, 6.45) is 6.71. The fourth-order valence-corrected chi connectivity index (χ4v) is 4.59. The van der Waals surface area contributed by atoms with E-state index in [1.54, 1.807) is 5.57 Å². The zero-order valence-corrected chi connectivity index (χ0v) is 22.0. The van der Waals surface area contributed by atoms with E-state index in [2.05, 4.69) is 90.1 Å². The number of nitrogens with one attached hydrogen (secondary N) is 1. The first-order valence-electron chi connectivity index (χ1n) is 8.24.